The highest BCUT2D eigenvalue weighted by atomic mass is 16.2. The number of benzene rings is 2. The van der Waals surface area contributed by atoms with Gasteiger partial charge in [0, 0.05) is 30.2 Å². The Kier molecular flexibility index (Phi) is 5.65. The van der Waals surface area contributed by atoms with E-state index in [2.05, 4.69) is 16.0 Å². The fourth-order valence-corrected chi connectivity index (χ4v) is 2.01. The zero-order valence-corrected chi connectivity index (χ0v) is 12.7. The van der Waals surface area contributed by atoms with Crippen LogP contribution in [0.3, 0.4) is 0 Å². The first-order valence-electron chi connectivity index (χ1n) is 7.35. The third kappa shape index (κ3) is 5.01. The van der Waals surface area contributed by atoms with Crippen LogP contribution in [0.2, 0.25) is 0 Å². The van der Waals surface area contributed by atoms with E-state index in [0.717, 1.165) is 35.6 Å². The largest absolute Gasteiger partial charge is 0.399 e. The van der Waals surface area contributed by atoms with Gasteiger partial charge in [0.25, 0.3) is 0 Å². The molecule has 2 aromatic rings. The van der Waals surface area contributed by atoms with Crippen molar-refractivity contribution >= 4 is 23.1 Å². The number of hydrogen-bond acceptors (Lipinski definition) is 3. The molecule has 0 spiro atoms. The first-order chi connectivity index (χ1) is 10.6. The molecule has 0 aliphatic carbocycles. The van der Waals surface area contributed by atoms with Crippen molar-refractivity contribution in [2.75, 3.05) is 29.5 Å². The Balaban J connectivity index is 1.62. The first-order valence-corrected chi connectivity index (χ1v) is 7.35. The lowest BCUT2D eigenvalue weighted by Crippen LogP contribution is -2.30. The number of para-hydroxylation sites is 1. The molecule has 0 saturated carbocycles. The molecule has 0 heterocycles. The first kappa shape index (κ1) is 15.7. The standard InChI is InChI=1S/C17H22N4O/c1-13-12-15(8-9-16(13)18)19-10-5-11-20-17(22)21-14-6-3-2-4-7-14/h2-4,6-9,12,19H,5,10-11,18H2,1H3,(H2,20,21,22). The van der Waals surface area contributed by atoms with Gasteiger partial charge in [-0.3, -0.25) is 0 Å². The monoisotopic (exact) mass is 298 g/mol. The van der Waals surface area contributed by atoms with Gasteiger partial charge in [-0.15, -0.1) is 0 Å². The van der Waals surface area contributed by atoms with Gasteiger partial charge in [0.15, 0.2) is 0 Å². The number of nitrogens with one attached hydrogen (secondary N) is 3. The Morgan fingerprint density at radius 1 is 1.05 bits per heavy atom. The van der Waals surface area contributed by atoms with Gasteiger partial charge in [0.1, 0.15) is 0 Å². The minimum atomic E-state index is -0.186. The zero-order valence-electron chi connectivity index (χ0n) is 12.7. The van der Waals surface area contributed by atoms with Crippen molar-refractivity contribution in [2.45, 2.75) is 13.3 Å². The highest BCUT2D eigenvalue weighted by molar-refractivity contribution is 5.89. The van der Waals surface area contributed by atoms with Crippen LogP contribution in [0.1, 0.15) is 12.0 Å². The lowest BCUT2D eigenvalue weighted by Gasteiger charge is -2.10. The van der Waals surface area contributed by atoms with E-state index in [9.17, 15) is 4.79 Å². The maximum Gasteiger partial charge on any atom is 0.319 e. The van der Waals surface area contributed by atoms with E-state index in [1.54, 1.807) is 0 Å². The van der Waals surface area contributed by atoms with Crippen molar-refractivity contribution in [3.05, 3.63) is 54.1 Å². The van der Waals surface area contributed by atoms with Crippen LogP contribution >= 0.6 is 0 Å². The van der Waals surface area contributed by atoms with Crippen LogP contribution in [-0.2, 0) is 0 Å². The topological polar surface area (TPSA) is 79.2 Å². The predicted molar refractivity (Wildman–Crippen MR) is 92.2 cm³/mol. The maximum absolute atomic E-state index is 11.7. The lowest BCUT2D eigenvalue weighted by molar-refractivity contribution is 0.252. The number of hydrogen-bond donors (Lipinski definition) is 4. The summed E-state index contributed by atoms with van der Waals surface area (Å²) in [4.78, 5) is 11.7. The summed E-state index contributed by atoms with van der Waals surface area (Å²) in [6.07, 6.45) is 0.839. The van der Waals surface area contributed by atoms with E-state index in [0.29, 0.717) is 6.54 Å². The van der Waals surface area contributed by atoms with E-state index in [-0.39, 0.29) is 6.03 Å². The van der Waals surface area contributed by atoms with Crippen LogP contribution in [0.5, 0.6) is 0 Å². The average molecular weight is 298 g/mol. The van der Waals surface area contributed by atoms with Crippen molar-refractivity contribution in [1.29, 1.82) is 0 Å². The molecule has 0 bridgehead atoms. The molecule has 0 aliphatic rings. The molecule has 0 atom stereocenters. The number of aryl methyl sites for hydroxylation is 1. The summed E-state index contributed by atoms with van der Waals surface area (Å²) >= 11 is 0. The molecule has 0 aliphatic heterocycles. The van der Waals surface area contributed by atoms with E-state index >= 15 is 0 Å². The lowest BCUT2D eigenvalue weighted by atomic mass is 10.2. The summed E-state index contributed by atoms with van der Waals surface area (Å²) in [5.41, 5.74) is 9.47. The predicted octanol–water partition coefficient (Wildman–Crippen LogP) is 3.20. The molecule has 5 N–H and O–H groups in total. The second kappa shape index (κ2) is 7.93. The number of nitrogens with two attached hydrogens (primary N) is 1. The van der Waals surface area contributed by atoms with Crippen LogP contribution in [-0.4, -0.2) is 19.1 Å². The van der Waals surface area contributed by atoms with Gasteiger partial charge in [-0.2, -0.15) is 0 Å². The smallest absolute Gasteiger partial charge is 0.319 e. The van der Waals surface area contributed by atoms with Crippen molar-refractivity contribution in [3.8, 4) is 0 Å². The Morgan fingerprint density at radius 3 is 2.55 bits per heavy atom. The Morgan fingerprint density at radius 2 is 1.82 bits per heavy atom. The molecule has 0 fully saturated rings. The summed E-state index contributed by atoms with van der Waals surface area (Å²) in [5.74, 6) is 0. The number of carbonyl (C=O) groups excluding carboxylic acids is 1. The SMILES string of the molecule is Cc1cc(NCCCNC(=O)Nc2ccccc2)ccc1N. The van der Waals surface area contributed by atoms with E-state index in [1.807, 2.05) is 55.5 Å². The number of amides is 2. The van der Waals surface area contributed by atoms with Gasteiger partial charge < -0.3 is 21.7 Å². The molecule has 0 saturated heterocycles. The summed E-state index contributed by atoms with van der Waals surface area (Å²) in [6, 6.07) is 15.1. The van der Waals surface area contributed by atoms with Crippen molar-refractivity contribution in [2.24, 2.45) is 0 Å². The summed E-state index contributed by atoms with van der Waals surface area (Å²) < 4.78 is 0. The van der Waals surface area contributed by atoms with Gasteiger partial charge in [0.05, 0.1) is 0 Å². The van der Waals surface area contributed by atoms with E-state index in [4.69, 9.17) is 5.73 Å². The quantitative estimate of drug-likeness (QED) is 0.488. The van der Waals surface area contributed by atoms with Gasteiger partial charge in [-0.1, -0.05) is 18.2 Å². The fraction of sp³-hybridized carbons (Fsp3) is 0.235. The second-order valence-corrected chi connectivity index (χ2v) is 5.10. The Bertz CT molecular complexity index is 613. The molecule has 2 aromatic carbocycles. The molecular formula is C17H22N4O. The normalized spacial score (nSPS) is 10.0. The van der Waals surface area contributed by atoms with Gasteiger partial charge in [-0.25, -0.2) is 4.79 Å². The van der Waals surface area contributed by atoms with Gasteiger partial charge in [-0.05, 0) is 49.2 Å². The van der Waals surface area contributed by atoms with Crippen LogP contribution in [0.4, 0.5) is 21.9 Å². The molecule has 0 aromatic heterocycles. The number of rotatable bonds is 6. The molecule has 2 rings (SSSR count). The number of carbonyl (C=O) groups is 1. The fourth-order valence-electron chi connectivity index (χ4n) is 2.01. The number of urea groups is 1. The zero-order chi connectivity index (χ0) is 15.8. The molecule has 116 valence electrons. The molecule has 2 amide bonds. The molecule has 0 unspecified atom stereocenters. The minimum Gasteiger partial charge on any atom is -0.399 e. The third-order valence-electron chi connectivity index (χ3n) is 3.27. The van der Waals surface area contributed by atoms with Crippen LogP contribution in [0.25, 0.3) is 0 Å². The van der Waals surface area contributed by atoms with Crippen LogP contribution in [0.15, 0.2) is 48.5 Å². The molecular weight excluding hydrogens is 276 g/mol. The van der Waals surface area contributed by atoms with Gasteiger partial charge in [0.2, 0.25) is 0 Å². The molecule has 5 heteroatoms. The number of nitrogen functional groups attached to an aromatic ring is 1. The summed E-state index contributed by atoms with van der Waals surface area (Å²) in [7, 11) is 0. The highest BCUT2D eigenvalue weighted by Crippen LogP contribution is 2.16. The van der Waals surface area contributed by atoms with Crippen molar-refractivity contribution in [3.63, 3.8) is 0 Å². The minimum absolute atomic E-state index is 0.186. The van der Waals surface area contributed by atoms with E-state index < -0.39 is 0 Å². The Hall–Kier alpha value is -2.69. The van der Waals surface area contributed by atoms with Crippen LogP contribution < -0.4 is 21.7 Å². The molecule has 22 heavy (non-hydrogen) atoms. The Labute approximate surface area is 130 Å². The third-order valence-corrected chi connectivity index (χ3v) is 3.27. The molecule has 5 nitrogen and oxygen atoms in total. The van der Waals surface area contributed by atoms with Crippen LogP contribution in [0, 0.1) is 6.92 Å². The second-order valence-electron chi connectivity index (χ2n) is 5.10. The summed E-state index contributed by atoms with van der Waals surface area (Å²) in [6.45, 7) is 3.38. The maximum atomic E-state index is 11.7. The molecule has 0 radical (unpaired) electrons. The van der Waals surface area contributed by atoms with Crippen molar-refractivity contribution < 1.29 is 4.79 Å². The number of anilines is 3. The highest BCUT2D eigenvalue weighted by Gasteiger charge is 2.00. The average Bonchev–Trinajstić information content (AvgIpc) is 2.51. The van der Waals surface area contributed by atoms with E-state index in [1.165, 1.54) is 0 Å². The van der Waals surface area contributed by atoms with Gasteiger partial charge >= 0.3 is 6.03 Å². The summed E-state index contributed by atoms with van der Waals surface area (Å²) in [5, 5.41) is 8.92. The van der Waals surface area contributed by atoms with Crippen molar-refractivity contribution in [1.82, 2.24) is 5.32 Å².